The lowest BCUT2D eigenvalue weighted by molar-refractivity contribution is -0.135. The highest BCUT2D eigenvalue weighted by molar-refractivity contribution is 6.02. The van der Waals surface area contributed by atoms with E-state index in [4.69, 9.17) is 9.84 Å². The van der Waals surface area contributed by atoms with Gasteiger partial charge in [0.1, 0.15) is 0 Å². The molecule has 8 nitrogen and oxygen atoms in total. The first-order valence-electron chi connectivity index (χ1n) is 9.80. The van der Waals surface area contributed by atoms with Crippen LogP contribution in [0.25, 0.3) is 10.8 Å². The van der Waals surface area contributed by atoms with Gasteiger partial charge in [-0.2, -0.15) is 5.10 Å². The minimum Gasteiger partial charge on any atom is -0.451 e. The lowest BCUT2D eigenvalue weighted by Crippen LogP contribution is -2.39. The van der Waals surface area contributed by atoms with E-state index >= 15 is 0 Å². The van der Waals surface area contributed by atoms with Crippen LogP contribution in [-0.2, 0) is 16.1 Å². The molecule has 0 radical (unpaired) electrons. The summed E-state index contributed by atoms with van der Waals surface area (Å²) < 4.78 is 6.28. The normalized spacial score (nSPS) is 11.3. The Bertz CT molecular complexity index is 910. The number of aliphatic hydroxyl groups excluding tert-OH is 1. The van der Waals surface area contributed by atoms with Crippen LogP contribution in [0.5, 0.6) is 0 Å². The topological polar surface area (TPSA) is 102 Å². The molecule has 0 saturated heterocycles. The van der Waals surface area contributed by atoms with Crippen LogP contribution in [0, 0.1) is 11.8 Å². The zero-order valence-corrected chi connectivity index (χ0v) is 17.4. The van der Waals surface area contributed by atoms with Crippen molar-refractivity contribution in [1.29, 1.82) is 0 Å². The number of ether oxygens (including phenoxy) is 1. The maximum atomic E-state index is 12.7. The number of benzene rings is 1. The number of hydrogen-bond donors (Lipinski definition) is 1. The minimum atomic E-state index is -0.782. The number of nitrogens with zero attached hydrogens (tertiary/aromatic N) is 3. The first kappa shape index (κ1) is 22.5. The number of esters is 1. The Hall–Kier alpha value is -2.74. The van der Waals surface area contributed by atoms with Crippen LogP contribution in [-0.4, -0.2) is 58.0 Å². The van der Waals surface area contributed by atoms with E-state index in [9.17, 15) is 14.4 Å². The van der Waals surface area contributed by atoms with Gasteiger partial charge < -0.3 is 14.7 Å². The third-order valence-electron chi connectivity index (χ3n) is 4.22. The van der Waals surface area contributed by atoms with Crippen LogP contribution < -0.4 is 5.56 Å². The van der Waals surface area contributed by atoms with Gasteiger partial charge in [0.25, 0.3) is 11.5 Å². The van der Waals surface area contributed by atoms with Crippen molar-refractivity contribution < 1.29 is 19.4 Å². The van der Waals surface area contributed by atoms with Gasteiger partial charge in [0.05, 0.1) is 18.5 Å². The molecule has 29 heavy (non-hydrogen) atoms. The van der Waals surface area contributed by atoms with Gasteiger partial charge >= 0.3 is 5.97 Å². The molecule has 1 aromatic carbocycles. The Labute approximate surface area is 170 Å². The van der Waals surface area contributed by atoms with Crippen LogP contribution in [0.3, 0.4) is 0 Å². The summed E-state index contributed by atoms with van der Waals surface area (Å²) >= 11 is 0. The van der Waals surface area contributed by atoms with Crippen LogP contribution in [0.15, 0.2) is 29.1 Å². The number of aliphatic hydroxyl groups is 1. The highest BCUT2D eigenvalue weighted by Gasteiger charge is 2.21. The molecule has 158 valence electrons. The summed E-state index contributed by atoms with van der Waals surface area (Å²) in [7, 11) is 0. The molecule has 1 amide bonds. The van der Waals surface area contributed by atoms with Crippen molar-refractivity contribution in [2.75, 3.05) is 26.3 Å². The summed E-state index contributed by atoms with van der Waals surface area (Å²) in [5, 5.41) is 13.9. The highest BCUT2D eigenvalue weighted by atomic mass is 16.5. The summed E-state index contributed by atoms with van der Waals surface area (Å²) in [4.78, 5) is 39.4. The smallest absolute Gasteiger partial charge is 0.359 e. The van der Waals surface area contributed by atoms with Gasteiger partial charge in [-0.15, -0.1) is 0 Å². The monoisotopic (exact) mass is 403 g/mol. The maximum Gasteiger partial charge on any atom is 0.359 e. The van der Waals surface area contributed by atoms with E-state index in [2.05, 4.69) is 5.10 Å². The predicted molar refractivity (Wildman–Crippen MR) is 110 cm³/mol. The SMILES string of the molecule is CC(C)CN(CC(C)C)C(=O)COC(=O)c1nn(CCO)c(=O)c2ccccc12. The number of rotatable bonds is 9. The fraction of sp³-hybridized carbons (Fsp3) is 0.524. The van der Waals surface area contributed by atoms with Crippen molar-refractivity contribution in [2.45, 2.75) is 34.2 Å². The van der Waals surface area contributed by atoms with Crippen LogP contribution >= 0.6 is 0 Å². The third-order valence-corrected chi connectivity index (χ3v) is 4.22. The van der Waals surface area contributed by atoms with Crippen molar-refractivity contribution in [3.8, 4) is 0 Å². The van der Waals surface area contributed by atoms with Gasteiger partial charge in [-0.1, -0.05) is 45.9 Å². The third kappa shape index (κ3) is 5.87. The molecule has 1 aromatic heterocycles. The summed E-state index contributed by atoms with van der Waals surface area (Å²) in [5.41, 5.74) is -0.456. The second-order valence-electron chi connectivity index (χ2n) is 7.81. The number of carbonyl (C=O) groups excluding carboxylic acids is 2. The molecule has 0 aliphatic carbocycles. The van der Waals surface area contributed by atoms with Gasteiger partial charge in [0.15, 0.2) is 12.3 Å². The summed E-state index contributed by atoms with van der Waals surface area (Å²) in [6.07, 6.45) is 0. The molecule has 0 fully saturated rings. The number of amides is 1. The lowest BCUT2D eigenvalue weighted by atomic mass is 10.1. The van der Waals surface area contributed by atoms with Crippen molar-refractivity contribution in [1.82, 2.24) is 14.7 Å². The maximum absolute atomic E-state index is 12.7. The van der Waals surface area contributed by atoms with Crippen molar-refractivity contribution in [3.05, 3.63) is 40.3 Å². The lowest BCUT2D eigenvalue weighted by Gasteiger charge is -2.26. The van der Waals surface area contributed by atoms with E-state index in [0.29, 0.717) is 35.7 Å². The average molecular weight is 403 g/mol. The number of hydrogen-bond acceptors (Lipinski definition) is 6. The van der Waals surface area contributed by atoms with E-state index in [0.717, 1.165) is 4.68 Å². The second-order valence-corrected chi connectivity index (χ2v) is 7.81. The Morgan fingerprint density at radius 1 is 1.10 bits per heavy atom. The standard InChI is InChI=1S/C21H29N3O5/c1-14(2)11-23(12-15(3)4)18(26)13-29-21(28)19-16-7-5-6-8-17(16)20(27)24(22-19)9-10-25/h5-8,14-15,25H,9-13H2,1-4H3. The Kier molecular flexibility index (Phi) is 7.90. The molecule has 0 aliphatic heterocycles. The average Bonchev–Trinajstić information content (AvgIpc) is 2.67. The molecular weight excluding hydrogens is 374 g/mol. The summed E-state index contributed by atoms with van der Waals surface area (Å²) in [5.74, 6) is -0.467. The van der Waals surface area contributed by atoms with E-state index in [1.54, 1.807) is 29.2 Å². The van der Waals surface area contributed by atoms with E-state index in [1.165, 1.54) is 0 Å². The summed E-state index contributed by atoms with van der Waals surface area (Å²) in [6.45, 7) is 8.51. The van der Waals surface area contributed by atoms with Gasteiger partial charge in [0.2, 0.25) is 0 Å². The van der Waals surface area contributed by atoms with Crippen molar-refractivity contribution in [3.63, 3.8) is 0 Å². The molecule has 2 aromatic rings. The van der Waals surface area contributed by atoms with Gasteiger partial charge in [-0.3, -0.25) is 9.59 Å². The second kappa shape index (κ2) is 10.2. The Morgan fingerprint density at radius 3 is 2.24 bits per heavy atom. The van der Waals surface area contributed by atoms with Crippen LogP contribution in [0.2, 0.25) is 0 Å². The summed E-state index contributed by atoms with van der Waals surface area (Å²) in [6, 6.07) is 6.56. The zero-order valence-electron chi connectivity index (χ0n) is 17.4. The van der Waals surface area contributed by atoms with E-state index < -0.39 is 18.1 Å². The first-order chi connectivity index (χ1) is 13.7. The molecule has 0 bridgehead atoms. The molecular formula is C21H29N3O5. The fourth-order valence-electron chi connectivity index (χ4n) is 3.08. The Balaban J connectivity index is 2.24. The largest absolute Gasteiger partial charge is 0.451 e. The fourth-order valence-corrected chi connectivity index (χ4v) is 3.08. The number of aromatic nitrogens is 2. The van der Waals surface area contributed by atoms with E-state index in [-0.39, 0.29) is 24.8 Å². The molecule has 0 aliphatic rings. The molecule has 2 rings (SSSR count). The van der Waals surface area contributed by atoms with Gasteiger partial charge in [-0.05, 0) is 17.9 Å². The van der Waals surface area contributed by atoms with Gasteiger partial charge in [-0.25, -0.2) is 9.48 Å². The molecule has 0 saturated carbocycles. The zero-order chi connectivity index (χ0) is 21.6. The molecule has 8 heteroatoms. The molecule has 1 heterocycles. The molecule has 0 unspecified atom stereocenters. The number of fused-ring (bicyclic) bond motifs is 1. The quantitative estimate of drug-likeness (QED) is 0.639. The molecule has 1 N–H and O–H groups in total. The molecule has 0 spiro atoms. The Morgan fingerprint density at radius 2 is 1.69 bits per heavy atom. The van der Waals surface area contributed by atoms with Crippen LogP contribution in [0.4, 0.5) is 0 Å². The highest BCUT2D eigenvalue weighted by Crippen LogP contribution is 2.14. The number of carbonyl (C=O) groups is 2. The predicted octanol–water partition coefficient (Wildman–Crippen LogP) is 1.69. The minimum absolute atomic E-state index is 0.0422. The van der Waals surface area contributed by atoms with E-state index in [1.807, 2.05) is 27.7 Å². The van der Waals surface area contributed by atoms with Gasteiger partial charge in [0, 0.05) is 18.5 Å². The van der Waals surface area contributed by atoms with Crippen molar-refractivity contribution >= 4 is 22.6 Å². The molecule has 0 atom stereocenters. The first-order valence-corrected chi connectivity index (χ1v) is 9.80. The van der Waals surface area contributed by atoms with Crippen molar-refractivity contribution in [2.24, 2.45) is 11.8 Å². The van der Waals surface area contributed by atoms with Crippen LogP contribution in [0.1, 0.15) is 38.2 Å².